The molecule has 0 bridgehead atoms. The van der Waals surface area contributed by atoms with E-state index in [0.717, 1.165) is 12.0 Å². The van der Waals surface area contributed by atoms with Gasteiger partial charge in [0.05, 0.1) is 5.56 Å². The summed E-state index contributed by atoms with van der Waals surface area (Å²) in [5.74, 6) is -0.0638. The summed E-state index contributed by atoms with van der Waals surface area (Å²) < 4.78 is 12.8. The van der Waals surface area contributed by atoms with E-state index in [0.29, 0.717) is 11.4 Å². The Labute approximate surface area is 116 Å². The van der Waals surface area contributed by atoms with Crippen LogP contribution in [0.2, 0.25) is 0 Å². The predicted octanol–water partition coefficient (Wildman–Crippen LogP) is 2.36. The fourth-order valence-electron chi connectivity index (χ4n) is 1.90. The van der Waals surface area contributed by atoms with Crippen molar-refractivity contribution in [2.45, 2.75) is 19.4 Å². The summed E-state index contributed by atoms with van der Waals surface area (Å²) in [5.41, 5.74) is 6.57. The largest absolute Gasteiger partial charge is 0.367 e. The quantitative estimate of drug-likeness (QED) is 0.878. The van der Waals surface area contributed by atoms with Crippen molar-refractivity contribution in [3.63, 3.8) is 0 Å². The Hall–Kier alpha value is -2.43. The van der Waals surface area contributed by atoms with Crippen LogP contribution < -0.4 is 11.1 Å². The Morgan fingerprint density at radius 2 is 2.00 bits per heavy atom. The SMILES string of the molecule is CC(Cc1ccc(F)cc1)Nc1ccc(C(N)=O)cn1. The normalized spacial score (nSPS) is 11.9. The first-order valence-corrected chi connectivity index (χ1v) is 6.31. The number of pyridine rings is 1. The number of aromatic nitrogens is 1. The number of nitrogens with one attached hydrogen (secondary N) is 1. The van der Waals surface area contributed by atoms with E-state index in [1.807, 2.05) is 6.92 Å². The van der Waals surface area contributed by atoms with Gasteiger partial charge in [0.2, 0.25) is 5.91 Å². The first-order valence-electron chi connectivity index (χ1n) is 6.31. The van der Waals surface area contributed by atoms with Crippen molar-refractivity contribution in [1.82, 2.24) is 4.98 Å². The summed E-state index contributed by atoms with van der Waals surface area (Å²) in [6.45, 7) is 2.01. The molecule has 2 rings (SSSR count). The number of nitrogens with zero attached hydrogens (tertiary/aromatic N) is 1. The minimum atomic E-state index is -0.497. The van der Waals surface area contributed by atoms with Crippen molar-refractivity contribution in [2.24, 2.45) is 5.73 Å². The number of halogens is 1. The van der Waals surface area contributed by atoms with Crippen LogP contribution in [0.3, 0.4) is 0 Å². The van der Waals surface area contributed by atoms with E-state index in [1.54, 1.807) is 24.3 Å². The first kappa shape index (κ1) is 14.0. The van der Waals surface area contributed by atoms with Crippen molar-refractivity contribution < 1.29 is 9.18 Å². The zero-order valence-electron chi connectivity index (χ0n) is 11.1. The average molecular weight is 273 g/mol. The molecular formula is C15H16FN3O. The summed E-state index contributed by atoms with van der Waals surface area (Å²) in [6, 6.07) is 9.88. The maximum Gasteiger partial charge on any atom is 0.250 e. The molecule has 1 aromatic heterocycles. The van der Waals surface area contributed by atoms with Crippen molar-refractivity contribution in [1.29, 1.82) is 0 Å². The number of amides is 1. The molecule has 0 saturated heterocycles. The van der Waals surface area contributed by atoms with Gasteiger partial charge < -0.3 is 11.1 Å². The van der Waals surface area contributed by atoms with Crippen LogP contribution in [0.15, 0.2) is 42.6 Å². The predicted molar refractivity (Wildman–Crippen MR) is 75.9 cm³/mol. The molecule has 2 aromatic rings. The third kappa shape index (κ3) is 3.78. The van der Waals surface area contributed by atoms with Gasteiger partial charge in [-0.05, 0) is 43.2 Å². The Morgan fingerprint density at radius 3 is 2.55 bits per heavy atom. The molecule has 4 nitrogen and oxygen atoms in total. The number of anilines is 1. The highest BCUT2D eigenvalue weighted by Gasteiger charge is 2.06. The third-order valence-corrected chi connectivity index (χ3v) is 2.90. The van der Waals surface area contributed by atoms with Crippen molar-refractivity contribution in [3.05, 3.63) is 59.5 Å². The number of carbonyl (C=O) groups excluding carboxylic acids is 1. The Bertz CT molecular complexity index is 581. The van der Waals surface area contributed by atoms with Crippen LogP contribution in [0.4, 0.5) is 10.2 Å². The zero-order chi connectivity index (χ0) is 14.5. The number of primary amides is 1. The van der Waals surface area contributed by atoms with Crippen molar-refractivity contribution in [2.75, 3.05) is 5.32 Å². The minimum Gasteiger partial charge on any atom is -0.367 e. The van der Waals surface area contributed by atoms with Gasteiger partial charge in [-0.25, -0.2) is 9.37 Å². The standard InChI is InChI=1S/C15H16FN3O/c1-10(8-11-2-5-13(16)6-3-11)19-14-7-4-12(9-18-14)15(17)20/h2-7,9-10H,8H2,1H3,(H2,17,20)(H,18,19). The van der Waals surface area contributed by atoms with E-state index >= 15 is 0 Å². The number of benzene rings is 1. The Kier molecular flexibility index (Phi) is 4.30. The summed E-state index contributed by atoms with van der Waals surface area (Å²) in [5, 5.41) is 3.21. The molecule has 0 fully saturated rings. The van der Waals surface area contributed by atoms with E-state index < -0.39 is 5.91 Å². The number of rotatable bonds is 5. The summed E-state index contributed by atoms with van der Waals surface area (Å²) in [7, 11) is 0. The average Bonchev–Trinajstić information content (AvgIpc) is 2.42. The van der Waals surface area contributed by atoms with Crippen LogP contribution in [0.5, 0.6) is 0 Å². The van der Waals surface area contributed by atoms with Gasteiger partial charge in [0, 0.05) is 12.2 Å². The van der Waals surface area contributed by atoms with Gasteiger partial charge in [-0.15, -0.1) is 0 Å². The number of carbonyl (C=O) groups is 1. The fourth-order valence-corrected chi connectivity index (χ4v) is 1.90. The van der Waals surface area contributed by atoms with E-state index in [9.17, 15) is 9.18 Å². The molecule has 0 aliphatic carbocycles. The molecule has 3 N–H and O–H groups in total. The van der Waals surface area contributed by atoms with Crippen LogP contribution in [0.1, 0.15) is 22.8 Å². The molecule has 0 spiro atoms. The second kappa shape index (κ2) is 6.14. The number of nitrogens with two attached hydrogens (primary N) is 1. The number of hydrogen-bond donors (Lipinski definition) is 2. The second-order valence-corrected chi connectivity index (χ2v) is 4.67. The van der Waals surface area contributed by atoms with Gasteiger partial charge in [-0.1, -0.05) is 12.1 Å². The highest BCUT2D eigenvalue weighted by molar-refractivity contribution is 5.92. The third-order valence-electron chi connectivity index (χ3n) is 2.90. The van der Waals surface area contributed by atoms with E-state index in [2.05, 4.69) is 10.3 Å². The molecule has 104 valence electrons. The molecule has 1 unspecified atom stereocenters. The van der Waals surface area contributed by atoms with Gasteiger partial charge >= 0.3 is 0 Å². The Morgan fingerprint density at radius 1 is 1.30 bits per heavy atom. The highest BCUT2D eigenvalue weighted by atomic mass is 19.1. The minimum absolute atomic E-state index is 0.132. The van der Waals surface area contributed by atoms with Gasteiger partial charge in [-0.3, -0.25) is 4.79 Å². The highest BCUT2D eigenvalue weighted by Crippen LogP contribution is 2.10. The number of hydrogen-bond acceptors (Lipinski definition) is 3. The molecule has 0 aliphatic heterocycles. The van der Waals surface area contributed by atoms with Crippen molar-refractivity contribution in [3.8, 4) is 0 Å². The lowest BCUT2D eigenvalue weighted by Gasteiger charge is -2.14. The lowest BCUT2D eigenvalue weighted by atomic mass is 10.1. The van der Waals surface area contributed by atoms with E-state index in [-0.39, 0.29) is 11.9 Å². The summed E-state index contributed by atoms with van der Waals surface area (Å²) >= 11 is 0. The van der Waals surface area contributed by atoms with Gasteiger partial charge in [-0.2, -0.15) is 0 Å². The molecule has 0 saturated carbocycles. The fraction of sp³-hybridized carbons (Fsp3) is 0.200. The van der Waals surface area contributed by atoms with E-state index in [1.165, 1.54) is 18.3 Å². The maximum atomic E-state index is 12.8. The summed E-state index contributed by atoms with van der Waals surface area (Å²) in [4.78, 5) is 15.1. The molecule has 5 heteroatoms. The van der Waals surface area contributed by atoms with Crippen LogP contribution >= 0.6 is 0 Å². The molecule has 1 heterocycles. The molecule has 0 aliphatic rings. The van der Waals surface area contributed by atoms with Gasteiger partial charge in [0.15, 0.2) is 0 Å². The van der Waals surface area contributed by atoms with Crippen LogP contribution in [0.25, 0.3) is 0 Å². The van der Waals surface area contributed by atoms with Gasteiger partial charge in [0.1, 0.15) is 11.6 Å². The Balaban J connectivity index is 1.95. The smallest absolute Gasteiger partial charge is 0.250 e. The summed E-state index contributed by atoms with van der Waals surface area (Å²) in [6.07, 6.45) is 2.19. The molecule has 0 radical (unpaired) electrons. The lowest BCUT2D eigenvalue weighted by molar-refractivity contribution is 0.1000. The van der Waals surface area contributed by atoms with Gasteiger partial charge in [0.25, 0.3) is 0 Å². The lowest BCUT2D eigenvalue weighted by Crippen LogP contribution is -2.19. The first-order chi connectivity index (χ1) is 9.54. The van der Waals surface area contributed by atoms with E-state index in [4.69, 9.17) is 5.73 Å². The second-order valence-electron chi connectivity index (χ2n) is 4.67. The zero-order valence-corrected chi connectivity index (χ0v) is 11.1. The van der Waals surface area contributed by atoms with Crippen LogP contribution in [0, 0.1) is 5.82 Å². The monoisotopic (exact) mass is 273 g/mol. The molecule has 1 atom stereocenters. The molecule has 1 aromatic carbocycles. The maximum absolute atomic E-state index is 12.8. The van der Waals surface area contributed by atoms with Crippen LogP contribution in [-0.2, 0) is 6.42 Å². The molecular weight excluding hydrogens is 257 g/mol. The topological polar surface area (TPSA) is 68.0 Å². The van der Waals surface area contributed by atoms with Crippen LogP contribution in [-0.4, -0.2) is 16.9 Å². The molecule has 1 amide bonds. The molecule has 20 heavy (non-hydrogen) atoms. The van der Waals surface area contributed by atoms with Crippen molar-refractivity contribution >= 4 is 11.7 Å².